The van der Waals surface area contributed by atoms with Crippen molar-refractivity contribution in [2.75, 3.05) is 6.61 Å². The predicted octanol–water partition coefficient (Wildman–Crippen LogP) is 1.70. The highest BCUT2D eigenvalue weighted by molar-refractivity contribution is 5.05. The van der Waals surface area contributed by atoms with Crippen LogP contribution in [0.15, 0.2) is 12.2 Å². The number of hydrogen-bond donors (Lipinski definition) is 1. The van der Waals surface area contributed by atoms with E-state index in [4.69, 9.17) is 9.84 Å². The Morgan fingerprint density at radius 1 is 1.82 bits per heavy atom. The minimum Gasteiger partial charge on any atom is -0.368 e. The van der Waals surface area contributed by atoms with Crippen LogP contribution in [0, 0.1) is 5.92 Å². The highest BCUT2D eigenvalue weighted by atomic mass is 16.6. The number of aliphatic hydroxyl groups is 1. The van der Waals surface area contributed by atoms with Crippen LogP contribution >= 0.6 is 0 Å². The second kappa shape index (κ2) is 3.88. The van der Waals surface area contributed by atoms with Gasteiger partial charge in [0.25, 0.3) is 0 Å². The van der Waals surface area contributed by atoms with Gasteiger partial charge in [-0.3, -0.25) is 0 Å². The highest BCUT2D eigenvalue weighted by Crippen LogP contribution is 2.29. The first-order valence-electron chi connectivity index (χ1n) is 4.17. The summed E-state index contributed by atoms with van der Waals surface area (Å²) in [4.78, 5) is 0. The van der Waals surface area contributed by atoms with Gasteiger partial charge in [0.1, 0.15) is 0 Å². The Kier molecular flexibility index (Phi) is 3.09. The number of rotatable bonds is 3. The van der Waals surface area contributed by atoms with Crippen LogP contribution in [0.4, 0.5) is 0 Å². The molecule has 1 fully saturated rings. The molecule has 0 heterocycles. The SMILES string of the molecule is C=C1CCCC1COC(C)O. The Hall–Kier alpha value is -0.340. The number of ether oxygens (including phenoxy) is 1. The van der Waals surface area contributed by atoms with Crippen LogP contribution in [0.1, 0.15) is 26.2 Å². The third-order valence-electron chi connectivity index (χ3n) is 2.17. The first kappa shape index (κ1) is 8.75. The molecule has 64 valence electrons. The summed E-state index contributed by atoms with van der Waals surface area (Å²) in [6.45, 7) is 6.22. The Labute approximate surface area is 67.9 Å². The molecule has 11 heavy (non-hydrogen) atoms. The fourth-order valence-electron chi connectivity index (χ4n) is 1.44. The Bertz CT molecular complexity index is 140. The summed E-state index contributed by atoms with van der Waals surface area (Å²) in [5.74, 6) is 0.490. The molecule has 0 amide bonds. The topological polar surface area (TPSA) is 29.5 Å². The molecule has 2 unspecified atom stereocenters. The van der Waals surface area contributed by atoms with Crippen LogP contribution in [0.3, 0.4) is 0 Å². The summed E-state index contributed by atoms with van der Waals surface area (Å²) < 4.78 is 5.09. The maximum absolute atomic E-state index is 8.85. The molecular weight excluding hydrogens is 140 g/mol. The second-order valence-corrected chi connectivity index (χ2v) is 3.18. The van der Waals surface area contributed by atoms with Gasteiger partial charge >= 0.3 is 0 Å². The summed E-state index contributed by atoms with van der Waals surface area (Å²) in [5.41, 5.74) is 1.28. The molecule has 1 rings (SSSR count). The maximum atomic E-state index is 8.85. The Morgan fingerprint density at radius 3 is 3.00 bits per heavy atom. The average Bonchev–Trinajstić information content (AvgIpc) is 2.31. The van der Waals surface area contributed by atoms with Crippen LogP contribution < -0.4 is 0 Å². The molecule has 2 heteroatoms. The molecule has 0 aromatic heterocycles. The van der Waals surface area contributed by atoms with Gasteiger partial charge in [-0.05, 0) is 26.2 Å². The molecule has 1 saturated carbocycles. The lowest BCUT2D eigenvalue weighted by atomic mass is 10.1. The van der Waals surface area contributed by atoms with Crippen molar-refractivity contribution in [1.29, 1.82) is 0 Å². The smallest absolute Gasteiger partial charge is 0.151 e. The quantitative estimate of drug-likeness (QED) is 0.498. The van der Waals surface area contributed by atoms with Crippen molar-refractivity contribution in [1.82, 2.24) is 0 Å². The first-order chi connectivity index (χ1) is 5.20. The van der Waals surface area contributed by atoms with E-state index in [0.29, 0.717) is 12.5 Å². The minimum absolute atomic E-state index is 0.490. The molecule has 1 N–H and O–H groups in total. The van der Waals surface area contributed by atoms with Crippen LogP contribution in [-0.2, 0) is 4.74 Å². The van der Waals surface area contributed by atoms with E-state index in [2.05, 4.69) is 6.58 Å². The normalized spacial score (nSPS) is 27.5. The van der Waals surface area contributed by atoms with Crippen molar-refractivity contribution in [3.63, 3.8) is 0 Å². The van der Waals surface area contributed by atoms with Crippen LogP contribution in [-0.4, -0.2) is 18.0 Å². The van der Waals surface area contributed by atoms with E-state index >= 15 is 0 Å². The van der Waals surface area contributed by atoms with E-state index in [0.717, 1.165) is 6.42 Å². The van der Waals surface area contributed by atoms with Gasteiger partial charge < -0.3 is 9.84 Å². The largest absolute Gasteiger partial charge is 0.368 e. The van der Waals surface area contributed by atoms with Gasteiger partial charge in [-0.25, -0.2) is 0 Å². The molecule has 0 aromatic rings. The minimum atomic E-state index is -0.636. The molecule has 2 nitrogen and oxygen atoms in total. The summed E-state index contributed by atoms with van der Waals surface area (Å²) in [5, 5.41) is 8.85. The molecule has 0 spiro atoms. The van der Waals surface area contributed by atoms with Crippen molar-refractivity contribution in [2.24, 2.45) is 5.92 Å². The van der Waals surface area contributed by atoms with Gasteiger partial charge in [-0.15, -0.1) is 0 Å². The number of aliphatic hydroxyl groups excluding tert-OH is 1. The maximum Gasteiger partial charge on any atom is 0.151 e. The van der Waals surface area contributed by atoms with Crippen LogP contribution in [0.5, 0.6) is 0 Å². The molecule has 0 bridgehead atoms. The van der Waals surface area contributed by atoms with Crippen molar-refractivity contribution in [2.45, 2.75) is 32.5 Å². The fraction of sp³-hybridized carbons (Fsp3) is 0.778. The molecule has 1 aliphatic rings. The van der Waals surface area contributed by atoms with Crippen LogP contribution in [0.25, 0.3) is 0 Å². The molecule has 0 aromatic carbocycles. The Morgan fingerprint density at radius 2 is 2.55 bits per heavy atom. The highest BCUT2D eigenvalue weighted by Gasteiger charge is 2.19. The molecular formula is C9H16O2. The van der Waals surface area contributed by atoms with Crippen molar-refractivity contribution < 1.29 is 9.84 Å². The molecule has 0 radical (unpaired) electrons. The van der Waals surface area contributed by atoms with E-state index in [1.165, 1.54) is 18.4 Å². The van der Waals surface area contributed by atoms with E-state index < -0.39 is 6.29 Å². The number of hydrogen-bond acceptors (Lipinski definition) is 2. The summed E-state index contributed by atoms with van der Waals surface area (Å²) in [6, 6.07) is 0. The molecule has 2 atom stereocenters. The van der Waals surface area contributed by atoms with Gasteiger partial charge in [-0.2, -0.15) is 0 Å². The molecule has 0 saturated heterocycles. The lowest BCUT2D eigenvalue weighted by Gasteiger charge is -2.12. The average molecular weight is 156 g/mol. The van der Waals surface area contributed by atoms with E-state index in [9.17, 15) is 0 Å². The van der Waals surface area contributed by atoms with Crippen molar-refractivity contribution >= 4 is 0 Å². The van der Waals surface area contributed by atoms with E-state index in [1.54, 1.807) is 6.92 Å². The first-order valence-corrected chi connectivity index (χ1v) is 4.17. The third kappa shape index (κ3) is 2.64. The fourth-order valence-corrected chi connectivity index (χ4v) is 1.44. The second-order valence-electron chi connectivity index (χ2n) is 3.18. The van der Waals surface area contributed by atoms with Gasteiger partial charge in [0.15, 0.2) is 6.29 Å². The van der Waals surface area contributed by atoms with Gasteiger partial charge in [0.05, 0.1) is 6.61 Å². The summed E-state index contributed by atoms with van der Waals surface area (Å²) in [7, 11) is 0. The lowest BCUT2D eigenvalue weighted by molar-refractivity contribution is -0.0926. The zero-order chi connectivity index (χ0) is 8.27. The monoisotopic (exact) mass is 156 g/mol. The van der Waals surface area contributed by atoms with Crippen molar-refractivity contribution in [3.05, 3.63) is 12.2 Å². The molecule has 0 aliphatic heterocycles. The zero-order valence-corrected chi connectivity index (χ0v) is 7.05. The van der Waals surface area contributed by atoms with Gasteiger partial charge in [0, 0.05) is 5.92 Å². The van der Waals surface area contributed by atoms with E-state index in [1.807, 2.05) is 0 Å². The van der Waals surface area contributed by atoms with Crippen molar-refractivity contribution in [3.8, 4) is 0 Å². The van der Waals surface area contributed by atoms with Gasteiger partial charge in [0.2, 0.25) is 0 Å². The zero-order valence-electron chi connectivity index (χ0n) is 7.05. The summed E-state index contributed by atoms with van der Waals surface area (Å²) in [6.07, 6.45) is 2.90. The summed E-state index contributed by atoms with van der Waals surface area (Å²) >= 11 is 0. The van der Waals surface area contributed by atoms with Crippen LogP contribution in [0.2, 0.25) is 0 Å². The predicted molar refractivity (Wildman–Crippen MR) is 44.1 cm³/mol. The molecule has 1 aliphatic carbocycles. The lowest BCUT2D eigenvalue weighted by Crippen LogP contribution is -2.13. The van der Waals surface area contributed by atoms with Gasteiger partial charge in [-0.1, -0.05) is 12.2 Å². The Balaban J connectivity index is 2.20. The van der Waals surface area contributed by atoms with E-state index in [-0.39, 0.29) is 0 Å². The standard InChI is InChI=1S/C9H16O2/c1-7-4-3-5-9(7)6-11-8(2)10/h8-10H,1,3-6H2,2H3. The third-order valence-corrected chi connectivity index (χ3v) is 2.17.